The van der Waals surface area contributed by atoms with Crippen molar-refractivity contribution in [1.82, 2.24) is 4.31 Å². The summed E-state index contributed by atoms with van der Waals surface area (Å²) in [4.78, 5) is 0. The van der Waals surface area contributed by atoms with Crippen LogP contribution in [-0.2, 0) is 10.2 Å². The summed E-state index contributed by atoms with van der Waals surface area (Å²) in [5.41, 5.74) is 6.33. The number of nitrogens with zero attached hydrogens (tertiary/aromatic N) is 1. The maximum absolute atomic E-state index is 11.7. The summed E-state index contributed by atoms with van der Waals surface area (Å²) in [6.07, 6.45) is 0. The Hall–Kier alpha value is -1.55. The van der Waals surface area contributed by atoms with Gasteiger partial charge in [0.15, 0.2) is 0 Å². The summed E-state index contributed by atoms with van der Waals surface area (Å²) in [5.74, 6) is 5.50. The molecular weight excluding hydrogens is 238 g/mol. The van der Waals surface area contributed by atoms with Crippen molar-refractivity contribution < 1.29 is 8.42 Å². The molecule has 3 N–H and O–H groups in total. The highest BCUT2D eigenvalue weighted by molar-refractivity contribution is 7.90. The van der Waals surface area contributed by atoms with Gasteiger partial charge in [0.1, 0.15) is 0 Å². The Morgan fingerprint density at radius 1 is 1.35 bits per heavy atom. The normalized spacial score (nSPS) is 10.8. The molecule has 0 heterocycles. The molecule has 0 saturated carbocycles. The van der Waals surface area contributed by atoms with Crippen LogP contribution in [0.15, 0.2) is 24.3 Å². The number of nitrogens with one attached hydrogen (secondary N) is 1. The van der Waals surface area contributed by atoms with Crippen LogP contribution in [0.4, 0.5) is 5.69 Å². The summed E-state index contributed by atoms with van der Waals surface area (Å²) < 4.78 is 26.9. The van der Waals surface area contributed by atoms with Crippen LogP contribution >= 0.6 is 0 Å². The zero-order valence-corrected chi connectivity index (χ0v) is 10.6. The minimum Gasteiger partial charge on any atom is -0.320 e. The monoisotopic (exact) mass is 253 g/mol. The van der Waals surface area contributed by atoms with Crippen molar-refractivity contribution in [2.45, 2.75) is 0 Å². The van der Waals surface area contributed by atoms with Crippen molar-refractivity contribution in [3.63, 3.8) is 0 Å². The molecule has 5 nitrogen and oxygen atoms in total. The van der Waals surface area contributed by atoms with Crippen molar-refractivity contribution in [1.29, 1.82) is 0 Å². The Bertz CT molecular complexity index is 541. The quantitative estimate of drug-likeness (QED) is 0.756. The number of anilines is 1. The zero-order chi connectivity index (χ0) is 12.9. The predicted octanol–water partition coefficient (Wildman–Crippen LogP) is 0.215. The fourth-order valence-corrected chi connectivity index (χ4v) is 1.70. The molecule has 0 fully saturated rings. The van der Waals surface area contributed by atoms with Crippen LogP contribution in [0.3, 0.4) is 0 Å². The molecule has 0 atom stereocenters. The van der Waals surface area contributed by atoms with Crippen molar-refractivity contribution in [2.24, 2.45) is 5.73 Å². The Labute approximate surface area is 102 Å². The first-order valence-electron chi connectivity index (χ1n) is 4.95. The minimum absolute atomic E-state index is 0.231. The van der Waals surface area contributed by atoms with E-state index >= 15 is 0 Å². The molecule has 1 rings (SSSR count). The summed E-state index contributed by atoms with van der Waals surface area (Å²) in [6, 6.07) is 6.91. The van der Waals surface area contributed by atoms with Gasteiger partial charge in [0.2, 0.25) is 0 Å². The highest BCUT2D eigenvalue weighted by Gasteiger charge is 2.14. The first-order chi connectivity index (χ1) is 7.97. The third kappa shape index (κ3) is 3.75. The number of benzene rings is 1. The van der Waals surface area contributed by atoms with Crippen LogP contribution in [0.2, 0.25) is 0 Å². The smallest absolute Gasteiger partial charge is 0.301 e. The van der Waals surface area contributed by atoms with Gasteiger partial charge in [-0.3, -0.25) is 4.72 Å². The van der Waals surface area contributed by atoms with Gasteiger partial charge in [-0.2, -0.15) is 12.7 Å². The van der Waals surface area contributed by atoms with E-state index in [2.05, 4.69) is 16.6 Å². The lowest BCUT2D eigenvalue weighted by atomic mass is 10.2. The molecule has 0 bridgehead atoms. The fraction of sp³-hybridized carbons (Fsp3) is 0.273. The predicted molar refractivity (Wildman–Crippen MR) is 68.6 cm³/mol. The second-order valence-electron chi connectivity index (χ2n) is 3.44. The maximum Gasteiger partial charge on any atom is 0.301 e. The van der Waals surface area contributed by atoms with E-state index < -0.39 is 10.2 Å². The topological polar surface area (TPSA) is 75.4 Å². The average Bonchev–Trinajstić information content (AvgIpc) is 2.27. The number of nitrogens with two attached hydrogens (primary N) is 1. The van der Waals surface area contributed by atoms with Gasteiger partial charge in [-0.25, -0.2) is 0 Å². The molecule has 0 aliphatic carbocycles. The summed E-state index contributed by atoms with van der Waals surface area (Å²) in [5, 5.41) is 0. The summed E-state index contributed by atoms with van der Waals surface area (Å²) in [6.45, 7) is 0.231. The van der Waals surface area contributed by atoms with E-state index in [0.717, 1.165) is 4.31 Å². The lowest BCUT2D eigenvalue weighted by Crippen LogP contribution is -2.29. The van der Waals surface area contributed by atoms with Crippen molar-refractivity contribution in [3.8, 4) is 11.8 Å². The largest absolute Gasteiger partial charge is 0.320 e. The number of hydrogen-bond donors (Lipinski definition) is 2. The van der Waals surface area contributed by atoms with Crippen molar-refractivity contribution in [3.05, 3.63) is 29.8 Å². The van der Waals surface area contributed by atoms with E-state index in [1.165, 1.54) is 14.1 Å². The Morgan fingerprint density at radius 3 is 2.59 bits per heavy atom. The molecule has 0 unspecified atom stereocenters. The number of rotatable bonds is 3. The molecule has 1 aromatic rings. The van der Waals surface area contributed by atoms with Crippen molar-refractivity contribution in [2.75, 3.05) is 25.4 Å². The Balaban J connectivity index is 3.07. The Kier molecular flexibility index (Phi) is 4.52. The van der Waals surface area contributed by atoms with Gasteiger partial charge in [0.25, 0.3) is 0 Å². The van der Waals surface area contributed by atoms with Crippen LogP contribution < -0.4 is 10.5 Å². The Morgan fingerprint density at radius 2 is 2.00 bits per heavy atom. The van der Waals surface area contributed by atoms with E-state index in [0.29, 0.717) is 11.3 Å². The molecule has 0 aliphatic rings. The van der Waals surface area contributed by atoms with Gasteiger partial charge >= 0.3 is 10.2 Å². The van der Waals surface area contributed by atoms with E-state index in [4.69, 9.17) is 5.73 Å². The highest BCUT2D eigenvalue weighted by Crippen LogP contribution is 2.15. The first kappa shape index (κ1) is 13.5. The molecule has 0 spiro atoms. The van der Waals surface area contributed by atoms with Crippen molar-refractivity contribution >= 4 is 15.9 Å². The molecule has 6 heteroatoms. The zero-order valence-electron chi connectivity index (χ0n) is 9.77. The summed E-state index contributed by atoms with van der Waals surface area (Å²) >= 11 is 0. The van der Waals surface area contributed by atoms with E-state index in [1.54, 1.807) is 24.3 Å². The van der Waals surface area contributed by atoms with E-state index in [-0.39, 0.29) is 6.54 Å². The fourth-order valence-electron chi connectivity index (χ4n) is 1.06. The maximum atomic E-state index is 11.7. The highest BCUT2D eigenvalue weighted by atomic mass is 32.2. The lowest BCUT2D eigenvalue weighted by Gasteiger charge is -2.14. The van der Waals surface area contributed by atoms with Gasteiger partial charge in [0, 0.05) is 19.7 Å². The number of hydrogen-bond acceptors (Lipinski definition) is 3. The molecule has 1 aromatic carbocycles. The van der Waals surface area contributed by atoms with Crippen LogP contribution in [0.25, 0.3) is 0 Å². The van der Waals surface area contributed by atoms with E-state index in [1.807, 2.05) is 0 Å². The van der Waals surface area contributed by atoms with Crippen LogP contribution in [-0.4, -0.2) is 33.4 Å². The SMILES string of the molecule is CN(C)S(=O)(=O)Nc1ccccc1C#CCN. The van der Waals surface area contributed by atoms with Gasteiger partial charge in [0.05, 0.1) is 12.2 Å². The van der Waals surface area contributed by atoms with Gasteiger partial charge in [-0.05, 0) is 12.1 Å². The van der Waals surface area contributed by atoms with Crippen LogP contribution in [0.5, 0.6) is 0 Å². The molecule has 0 aromatic heterocycles. The summed E-state index contributed by atoms with van der Waals surface area (Å²) in [7, 11) is -0.605. The second kappa shape index (κ2) is 5.68. The standard InChI is InChI=1S/C11H15N3O2S/c1-14(2)17(15,16)13-11-8-4-3-6-10(11)7-5-9-12/h3-4,6,8,13H,9,12H2,1-2H3. The molecule has 0 aliphatic heterocycles. The number of para-hydroxylation sites is 1. The second-order valence-corrected chi connectivity index (χ2v) is 5.33. The van der Waals surface area contributed by atoms with Crippen LogP contribution in [0, 0.1) is 11.8 Å². The molecule has 0 saturated heterocycles. The third-order valence-corrected chi connectivity index (χ3v) is 3.41. The minimum atomic E-state index is -3.51. The molecule has 17 heavy (non-hydrogen) atoms. The van der Waals surface area contributed by atoms with E-state index in [9.17, 15) is 8.42 Å². The molecule has 0 amide bonds. The van der Waals surface area contributed by atoms with Gasteiger partial charge < -0.3 is 5.73 Å². The third-order valence-electron chi connectivity index (χ3n) is 1.97. The molecule has 0 radical (unpaired) electrons. The van der Waals surface area contributed by atoms with Gasteiger partial charge in [-0.15, -0.1) is 0 Å². The van der Waals surface area contributed by atoms with Gasteiger partial charge in [-0.1, -0.05) is 24.0 Å². The lowest BCUT2D eigenvalue weighted by molar-refractivity contribution is 0.527. The molecule has 92 valence electrons. The first-order valence-corrected chi connectivity index (χ1v) is 6.39. The average molecular weight is 253 g/mol. The van der Waals surface area contributed by atoms with Crippen LogP contribution in [0.1, 0.15) is 5.56 Å². The molecular formula is C11H15N3O2S.